The standard InChI is InChI=1S/C17H23N3O2/c21-16-6-5-15(17(22)20-16)13-1-3-14(4-2-13)19-11-12-7-9-18-10-8-12/h1-4,12,15,18-19H,5-11H2,(H,20,21,22). The zero-order valence-electron chi connectivity index (χ0n) is 12.7. The van der Waals surface area contributed by atoms with Gasteiger partial charge in [0.25, 0.3) is 0 Å². The van der Waals surface area contributed by atoms with E-state index in [4.69, 9.17) is 0 Å². The second-order valence-corrected chi connectivity index (χ2v) is 6.20. The number of hydrogen-bond acceptors (Lipinski definition) is 4. The van der Waals surface area contributed by atoms with Crippen LogP contribution in [0, 0.1) is 5.92 Å². The number of imide groups is 1. The predicted octanol–water partition coefficient (Wildman–Crippen LogP) is 1.62. The molecule has 5 heteroatoms. The molecule has 0 spiro atoms. The molecule has 0 radical (unpaired) electrons. The second-order valence-electron chi connectivity index (χ2n) is 6.20. The van der Waals surface area contributed by atoms with Crippen molar-refractivity contribution in [1.82, 2.24) is 10.6 Å². The van der Waals surface area contributed by atoms with E-state index in [-0.39, 0.29) is 17.7 Å². The van der Waals surface area contributed by atoms with Crippen molar-refractivity contribution in [3.8, 4) is 0 Å². The van der Waals surface area contributed by atoms with Crippen molar-refractivity contribution in [3.05, 3.63) is 29.8 Å². The summed E-state index contributed by atoms with van der Waals surface area (Å²) in [5, 5.41) is 9.27. The Morgan fingerprint density at radius 1 is 1.05 bits per heavy atom. The summed E-state index contributed by atoms with van der Waals surface area (Å²) in [5.41, 5.74) is 2.08. The molecule has 2 aliphatic rings. The number of amides is 2. The molecule has 1 aromatic carbocycles. The fourth-order valence-corrected chi connectivity index (χ4v) is 3.19. The number of carbonyl (C=O) groups excluding carboxylic acids is 2. The Hall–Kier alpha value is -1.88. The molecule has 1 unspecified atom stereocenters. The Balaban J connectivity index is 1.55. The maximum absolute atomic E-state index is 11.9. The largest absolute Gasteiger partial charge is 0.385 e. The van der Waals surface area contributed by atoms with Gasteiger partial charge in [-0.05, 0) is 56.0 Å². The molecule has 22 heavy (non-hydrogen) atoms. The van der Waals surface area contributed by atoms with E-state index in [1.807, 2.05) is 24.3 Å². The van der Waals surface area contributed by atoms with Gasteiger partial charge < -0.3 is 10.6 Å². The summed E-state index contributed by atoms with van der Waals surface area (Å²) >= 11 is 0. The summed E-state index contributed by atoms with van der Waals surface area (Å²) in [6.45, 7) is 3.22. The van der Waals surface area contributed by atoms with E-state index in [0.717, 1.165) is 36.8 Å². The van der Waals surface area contributed by atoms with Crippen LogP contribution in [0.2, 0.25) is 0 Å². The summed E-state index contributed by atoms with van der Waals surface area (Å²) in [6.07, 6.45) is 3.47. The lowest BCUT2D eigenvalue weighted by Gasteiger charge is -2.24. The van der Waals surface area contributed by atoms with Crippen molar-refractivity contribution >= 4 is 17.5 Å². The fourth-order valence-electron chi connectivity index (χ4n) is 3.19. The van der Waals surface area contributed by atoms with E-state index in [2.05, 4.69) is 16.0 Å². The molecule has 2 amide bonds. The lowest BCUT2D eigenvalue weighted by molar-refractivity contribution is -0.134. The average molecular weight is 301 g/mol. The Morgan fingerprint density at radius 2 is 1.77 bits per heavy atom. The molecule has 2 aliphatic heterocycles. The summed E-state index contributed by atoms with van der Waals surface area (Å²) in [7, 11) is 0. The molecule has 2 saturated heterocycles. The van der Waals surface area contributed by atoms with Crippen LogP contribution in [0.25, 0.3) is 0 Å². The number of benzene rings is 1. The maximum Gasteiger partial charge on any atom is 0.234 e. The molecule has 1 aromatic rings. The van der Waals surface area contributed by atoms with E-state index in [0.29, 0.717) is 12.8 Å². The molecule has 3 N–H and O–H groups in total. The first kappa shape index (κ1) is 15.0. The summed E-state index contributed by atoms with van der Waals surface area (Å²) in [4.78, 5) is 23.1. The van der Waals surface area contributed by atoms with Crippen molar-refractivity contribution in [1.29, 1.82) is 0 Å². The van der Waals surface area contributed by atoms with Crippen molar-refractivity contribution < 1.29 is 9.59 Å². The monoisotopic (exact) mass is 301 g/mol. The SMILES string of the molecule is O=C1CCC(c2ccc(NCC3CCNCC3)cc2)C(=O)N1. The summed E-state index contributed by atoms with van der Waals surface area (Å²) in [6, 6.07) is 8.04. The quantitative estimate of drug-likeness (QED) is 0.739. The third kappa shape index (κ3) is 3.65. The van der Waals surface area contributed by atoms with Gasteiger partial charge in [-0.15, -0.1) is 0 Å². The van der Waals surface area contributed by atoms with Crippen LogP contribution in [-0.2, 0) is 9.59 Å². The highest BCUT2D eigenvalue weighted by Crippen LogP contribution is 2.26. The molecule has 0 aliphatic carbocycles. The van der Waals surface area contributed by atoms with Gasteiger partial charge in [-0.1, -0.05) is 12.1 Å². The smallest absolute Gasteiger partial charge is 0.234 e. The normalized spacial score (nSPS) is 23.2. The number of hydrogen-bond donors (Lipinski definition) is 3. The molecule has 1 atom stereocenters. The second kappa shape index (κ2) is 6.92. The predicted molar refractivity (Wildman–Crippen MR) is 85.7 cm³/mol. The van der Waals surface area contributed by atoms with Gasteiger partial charge in [-0.2, -0.15) is 0 Å². The molecule has 0 aromatic heterocycles. The zero-order valence-corrected chi connectivity index (χ0v) is 12.7. The molecule has 2 heterocycles. The van der Waals surface area contributed by atoms with E-state index in [1.165, 1.54) is 12.8 Å². The highest BCUT2D eigenvalue weighted by molar-refractivity contribution is 6.00. The zero-order chi connectivity index (χ0) is 15.4. The van der Waals surface area contributed by atoms with E-state index in [9.17, 15) is 9.59 Å². The number of carbonyl (C=O) groups is 2. The Bertz CT molecular complexity index is 535. The number of anilines is 1. The van der Waals surface area contributed by atoms with Crippen molar-refractivity contribution in [2.45, 2.75) is 31.6 Å². The van der Waals surface area contributed by atoms with Crippen LogP contribution >= 0.6 is 0 Å². The van der Waals surface area contributed by atoms with Crippen molar-refractivity contribution in [3.63, 3.8) is 0 Å². The molecule has 0 bridgehead atoms. The average Bonchev–Trinajstić information content (AvgIpc) is 2.55. The minimum absolute atomic E-state index is 0.165. The third-order valence-electron chi connectivity index (χ3n) is 4.61. The van der Waals surface area contributed by atoms with Crippen LogP contribution in [0.1, 0.15) is 37.2 Å². The Labute approximate surface area is 130 Å². The first-order valence-electron chi connectivity index (χ1n) is 8.10. The fraction of sp³-hybridized carbons (Fsp3) is 0.529. The Kier molecular flexibility index (Phi) is 4.73. The molecule has 0 saturated carbocycles. The first-order chi connectivity index (χ1) is 10.7. The van der Waals surface area contributed by atoms with Crippen LogP contribution in [0.5, 0.6) is 0 Å². The van der Waals surface area contributed by atoms with Gasteiger partial charge in [0.15, 0.2) is 0 Å². The summed E-state index contributed by atoms with van der Waals surface area (Å²) in [5.74, 6) is 0.195. The lowest BCUT2D eigenvalue weighted by atomic mass is 9.90. The summed E-state index contributed by atoms with van der Waals surface area (Å²) < 4.78 is 0. The molecule has 5 nitrogen and oxygen atoms in total. The lowest BCUT2D eigenvalue weighted by Crippen LogP contribution is -2.39. The van der Waals surface area contributed by atoms with Crippen LogP contribution in [-0.4, -0.2) is 31.4 Å². The molecular weight excluding hydrogens is 278 g/mol. The highest BCUT2D eigenvalue weighted by atomic mass is 16.2. The van der Waals surface area contributed by atoms with Crippen molar-refractivity contribution in [2.75, 3.05) is 25.0 Å². The third-order valence-corrected chi connectivity index (χ3v) is 4.61. The van der Waals surface area contributed by atoms with Gasteiger partial charge in [0, 0.05) is 18.7 Å². The van der Waals surface area contributed by atoms with Gasteiger partial charge in [-0.25, -0.2) is 0 Å². The van der Waals surface area contributed by atoms with Crippen LogP contribution in [0.3, 0.4) is 0 Å². The number of rotatable bonds is 4. The van der Waals surface area contributed by atoms with Gasteiger partial charge in [-0.3, -0.25) is 14.9 Å². The van der Waals surface area contributed by atoms with Gasteiger partial charge in [0.1, 0.15) is 0 Å². The minimum atomic E-state index is -0.198. The first-order valence-corrected chi connectivity index (χ1v) is 8.10. The van der Waals surface area contributed by atoms with E-state index >= 15 is 0 Å². The van der Waals surface area contributed by atoms with Gasteiger partial charge >= 0.3 is 0 Å². The number of piperidine rings is 2. The number of nitrogens with one attached hydrogen (secondary N) is 3. The molecule has 2 fully saturated rings. The molecule has 118 valence electrons. The van der Waals surface area contributed by atoms with Crippen molar-refractivity contribution in [2.24, 2.45) is 5.92 Å². The molecule has 3 rings (SSSR count). The maximum atomic E-state index is 11.9. The molecular formula is C17H23N3O2. The van der Waals surface area contributed by atoms with Crippen LogP contribution in [0.15, 0.2) is 24.3 Å². The van der Waals surface area contributed by atoms with E-state index < -0.39 is 0 Å². The van der Waals surface area contributed by atoms with Crippen LogP contribution in [0.4, 0.5) is 5.69 Å². The highest BCUT2D eigenvalue weighted by Gasteiger charge is 2.27. The minimum Gasteiger partial charge on any atom is -0.385 e. The van der Waals surface area contributed by atoms with Crippen LogP contribution < -0.4 is 16.0 Å². The topological polar surface area (TPSA) is 70.2 Å². The van der Waals surface area contributed by atoms with Gasteiger partial charge in [0.2, 0.25) is 11.8 Å². The van der Waals surface area contributed by atoms with E-state index in [1.54, 1.807) is 0 Å². The van der Waals surface area contributed by atoms with Gasteiger partial charge in [0.05, 0.1) is 5.92 Å². The Morgan fingerprint density at radius 3 is 2.45 bits per heavy atom.